The maximum absolute atomic E-state index is 12.0. The van der Waals surface area contributed by atoms with Crippen LogP contribution in [-0.2, 0) is 22.5 Å². The molecule has 0 fully saturated rings. The number of ether oxygens (including phenoxy) is 1. The van der Waals surface area contributed by atoms with E-state index in [2.05, 4.69) is 10.3 Å². The molecule has 2 rings (SSSR count). The van der Waals surface area contributed by atoms with Gasteiger partial charge in [-0.15, -0.1) is 0 Å². The monoisotopic (exact) mass is 328 g/mol. The second-order valence-corrected chi connectivity index (χ2v) is 5.71. The minimum Gasteiger partial charge on any atom is -0.461 e. The average Bonchev–Trinajstić information content (AvgIpc) is 2.86. The van der Waals surface area contributed by atoms with E-state index in [1.165, 1.54) is 0 Å². The molecule has 0 saturated carbocycles. The molecule has 0 radical (unpaired) electrons. The molecular weight excluding hydrogens is 304 g/mol. The molecular formula is C19H24N2O3. The SMILES string of the molecule is CCOC(=O)c1[nH]c(C)c(CCC(=O)NCc2ccccc2)c1C. The van der Waals surface area contributed by atoms with Crippen molar-refractivity contribution in [3.05, 3.63) is 58.4 Å². The number of hydrogen-bond acceptors (Lipinski definition) is 3. The van der Waals surface area contributed by atoms with Gasteiger partial charge in [0.15, 0.2) is 0 Å². The summed E-state index contributed by atoms with van der Waals surface area (Å²) < 4.78 is 5.04. The number of benzene rings is 1. The zero-order chi connectivity index (χ0) is 17.5. The maximum atomic E-state index is 12.0. The topological polar surface area (TPSA) is 71.2 Å². The molecule has 1 heterocycles. The first-order valence-electron chi connectivity index (χ1n) is 8.18. The Kier molecular flexibility index (Phi) is 6.18. The lowest BCUT2D eigenvalue weighted by atomic mass is 10.0. The number of amides is 1. The summed E-state index contributed by atoms with van der Waals surface area (Å²) in [6, 6.07) is 9.80. The molecule has 5 heteroatoms. The van der Waals surface area contributed by atoms with Crippen LogP contribution in [0.3, 0.4) is 0 Å². The van der Waals surface area contributed by atoms with Crippen molar-refractivity contribution in [2.24, 2.45) is 0 Å². The van der Waals surface area contributed by atoms with Gasteiger partial charge in [-0.3, -0.25) is 4.79 Å². The van der Waals surface area contributed by atoms with Crippen LogP contribution in [0.5, 0.6) is 0 Å². The van der Waals surface area contributed by atoms with E-state index in [9.17, 15) is 9.59 Å². The number of hydrogen-bond donors (Lipinski definition) is 2. The van der Waals surface area contributed by atoms with Crippen LogP contribution < -0.4 is 5.32 Å². The summed E-state index contributed by atoms with van der Waals surface area (Å²) >= 11 is 0. The highest BCUT2D eigenvalue weighted by Gasteiger charge is 2.18. The highest BCUT2D eigenvalue weighted by molar-refractivity contribution is 5.90. The predicted molar refractivity (Wildman–Crippen MR) is 92.8 cm³/mol. The average molecular weight is 328 g/mol. The van der Waals surface area contributed by atoms with Gasteiger partial charge in [-0.1, -0.05) is 30.3 Å². The molecule has 0 aliphatic carbocycles. The highest BCUT2D eigenvalue weighted by Crippen LogP contribution is 2.20. The Morgan fingerprint density at radius 3 is 2.54 bits per heavy atom. The number of carbonyl (C=O) groups excluding carboxylic acids is 2. The molecule has 0 bridgehead atoms. The van der Waals surface area contributed by atoms with Gasteiger partial charge in [0.25, 0.3) is 0 Å². The molecule has 1 aromatic heterocycles. The molecule has 1 aromatic carbocycles. The van der Waals surface area contributed by atoms with Gasteiger partial charge in [-0.2, -0.15) is 0 Å². The standard InChI is InChI=1S/C19H24N2O3/c1-4-24-19(23)18-13(2)16(14(3)21-18)10-11-17(22)20-12-15-8-6-5-7-9-15/h5-9,21H,4,10-12H2,1-3H3,(H,20,22). The Morgan fingerprint density at radius 1 is 1.17 bits per heavy atom. The Morgan fingerprint density at radius 2 is 1.88 bits per heavy atom. The molecule has 0 spiro atoms. The highest BCUT2D eigenvalue weighted by atomic mass is 16.5. The molecule has 0 atom stereocenters. The van der Waals surface area contributed by atoms with Gasteiger partial charge in [0.2, 0.25) is 5.91 Å². The van der Waals surface area contributed by atoms with Gasteiger partial charge < -0.3 is 15.0 Å². The van der Waals surface area contributed by atoms with Crippen LogP contribution in [0.1, 0.15) is 46.2 Å². The van der Waals surface area contributed by atoms with Crippen molar-refractivity contribution >= 4 is 11.9 Å². The summed E-state index contributed by atoms with van der Waals surface area (Å²) in [6.45, 7) is 6.44. The van der Waals surface area contributed by atoms with Crippen molar-refractivity contribution < 1.29 is 14.3 Å². The molecule has 0 aliphatic heterocycles. The number of rotatable bonds is 7. The summed E-state index contributed by atoms with van der Waals surface area (Å²) in [5, 5.41) is 2.92. The zero-order valence-corrected chi connectivity index (χ0v) is 14.4. The number of carbonyl (C=O) groups is 2. The Hall–Kier alpha value is -2.56. The van der Waals surface area contributed by atoms with E-state index in [0.717, 1.165) is 22.4 Å². The van der Waals surface area contributed by atoms with Crippen LogP contribution in [0.2, 0.25) is 0 Å². The number of esters is 1. The van der Waals surface area contributed by atoms with Crippen molar-refractivity contribution in [2.45, 2.75) is 40.2 Å². The lowest BCUT2D eigenvalue weighted by Gasteiger charge is -2.06. The molecule has 1 amide bonds. The molecule has 0 aliphatic rings. The first-order chi connectivity index (χ1) is 11.5. The van der Waals surface area contributed by atoms with E-state index >= 15 is 0 Å². The summed E-state index contributed by atoms with van der Waals surface area (Å²) in [5.74, 6) is -0.352. The zero-order valence-electron chi connectivity index (χ0n) is 14.4. The number of aromatic amines is 1. The number of H-pyrrole nitrogens is 1. The summed E-state index contributed by atoms with van der Waals surface area (Å²) in [6.07, 6.45) is 0.975. The Labute approximate surface area is 142 Å². The van der Waals surface area contributed by atoms with Crippen LogP contribution in [0.4, 0.5) is 0 Å². The molecule has 0 saturated heterocycles. The third kappa shape index (κ3) is 4.47. The quantitative estimate of drug-likeness (QED) is 0.767. The number of nitrogens with one attached hydrogen (secondary N) is 2. The van der Waals surface area contributed by atoms with E-state index < -0.39 is 0 Å². The van der Waals surface area contributed by atoms with E-state index in [4.69, 9.17) is 4.74 Å². The smallest absolute Gasteiger partial charge is 0.355 e. The molecule has 2 N–H and O–H groups in total. The maximum Gasteiger partial charge on any atom is 0.355 e. The van der Waals surface area contributed by atoms with Gasteiger partial charge in [-0.05, 0) is 43.9 Å². The second-order valence-electron chi connectivity index (χ2n) is 5.71. The largest absolute Gasteiger partial charge is 0.461 e. The number of aryl methyl sites for hydroxylation is 1. The summed E-state index contributed by atoms with van der Waals surface area (Å²) in [7, 11) is 0. The van der Waals surface area contributed by atoms with Crippen LogP contribution in [-0.4, -0.2) is 23.5 Å². The van der Waals surface area contributed by atoms with E-state index in [1.54, 1.807) is 6.92 Å². The van der Waals surface area contributed by atoms with E-state index in [-0.39, 0.29) is 11.9 Å². The van der Waals surface area contributed by atoms with Crippen molar-refractivity contribution in [2.75, 3.05) is 6.61 Å². The molecule has 2 aromatic rings. The van der Waals surface area contributed by atoms with Gasteiger partial charge >= 0.3 is 5.97 Å². The predicted octanol–water partition coefficient (Wildman–Crippen LogP) is 3.06. The van der Waals surface area contributed by atoms with Crippen LogP contribution >= 0.6 is 0 Å². The van der Waals surface area contributed by atoms with Crippen LogP contribution in [0.25, 0.3) is 0 Å². The molecule has 128 valence electrons. The van der Waals surface area contributed by atoms with Gasteiger partial charge in [0.1, 0.15) is 5.69 Å². The van der Waals surface area contributed by atoms with Crippen LogP contribution in [0, 0.1) is 13.8 Å². The minimum absolute atomic E-state index is 0.00321. The summed E-state index contributed by atoms with van der Waals surface area (Å²) in [4.78, 5) is 27.0. The normalized spacial score (nSPS) is 10.5. The van der Waals surface area contributed by atoms with Crippen molar-refractivity contribution in [1.29, 1.82) is 0 Å². The third-order valence-electron chi connectivity index (χ3n) is 4.01. The van der Waals surface area contributed by atoms with Gasteiger partial charge in [0.05, 0.1) is 6.61 Å². The fraction of sp³-hybridized carbons (Fsp3) is 0.368. The lowest BCUT2D eigenvalue weighted by Crippen LogP contribution is -2.23. The fourth-order valence-corrected chi connectivity index (χ4v) is 2.69. The molecule has 24 heavy (non-hydrogen) atoms. The third-order valence-corrected chi connectivity index (χ3v) is 4.01. The van der Waals surface area contributed by atoms with Gasteiger partial charge in [-0.25, -0.2) is 4.79 Å². The Balaban J connectivity index is 1.92. The fourth-order valence-electron chi connectivity index (χ4n) is 2.69. The van der Waals surface area contributed by atoms with E-state index in [1.807, 2.05) is 44.2 Å². The molecule has 5 nitrogen and oxygen atoms in total. The van der Waals surface area contributed by atoms with Crippen molar-refractivity contribution in [1.82, 2.24) is 10.3 Å². The van der Waals surface area contributed by atoms with E-state index in [0.29, 0.717) is 31.7 Å². The molecule has 0 unspecified atom stereocenters. The van der Waals surface area contributed by atoms with Crippen molar-refractivity contribution in [3.63, 3.8) is 0 Å². The summed E-state index contributed by atoms with van der Waals surface area (Å²) in [5.41, 5.74) is 4.33. The van der Waals surface area contributed by atoms with Gasteiger partial charge in [0, 0.05) is 18.7 Å². The minimum atomic E-state index is -0.349. The second kappa shape index (κ2) is 8.34. The first-order valence-corrected chi connectivity index (χ1v) is 8.18. The Bertz CT molecular complexity index is 705. The first kappa shape index (κ1) is 17.8. The number of aromatic nitrogens is 1. The van der Waals surface area contributed by atoms with Crippen molar-refractivity contribution in [3.8, 4) is 0 Å². The lowest BCUT2D eigenvalue weighted by molar-refractivity contribution is -0.121. The van der Waals surface area contributed by atoms with Crippen LogP contribution in [0.15, 0.2) is 30.3 Å².